The molecule has 82 valence electrons. The van der Waals surface area contributed by atoms with Gasteiger partial charge in [0, 0.05) is 14.2 Å². The number of hydrogen-bond donors (Lipinski definition) is 0. The quantitative estimate of drug-likeness (QED) is 0.739. The van der Waals surface area contributed by atoms with Gasteiger partial charge in [0.15, 0.2) is 0 Å². The van der Waals surface area contributed by atoms with E-state index in [0.717, 1.165) is 15.8 Å². The third-order valence-corrected chi connectivity index (χ3v) is 3.15. The lowest BCUT2D eigenvalue weighted by molar-refractivity contribution is 0.305. The van der Waals surface area contributed by atoms with E-state index < -0.39 is 0 Å². The van der Waals surface area contributed by atoms with Crippen LogP contribution in [0.3, 0.4) is 0 Å². The molecule has 0 atom stereocenters. The molecule has 0 aliphatic rings. The predicted octanol–water partition coefficient (Wildman–Crippen LogP) is 4.03. The fourth-order valence-electron chi connectivity index (χ4n) is 1.22. The van der Waals surface area contributed by atoms with Gasteiger partial charge in [-0.1, -0.05) is 12.1 Å². The van der Waals surface area contributed by atoms with Crippen molar-refractivity contribution in [2.75, 3.05) is 0 Å². The van der Waals surface area contributed by atoms with Gasteiger partial charge in [0.25, 0.3) is 0 Å². The Bertz CT molecular complexity index is 473. The molecule has 0 fully saturated rings. The summed E-state index contributed by atoms with van der Waals surface area (Å²) in [6, 6.07) is 10.2. The number of pyridine rings is 1. The number of nitrogens with zero attached hydrogens (tertiary/aromatic N) is 1. The van der Waals surface area contributed by atoms with Crippen molar-refractivity contribution in [3.8, 4) is 5.75 Å². The van der Waals surface area contributed by atoms with Crippen molar-refractivity contribution in [2.45, 2.75) is 6.61 Å². The van der Waals surface area contributed by atoms with Crippen LogP contribution in [0.25, 0.3) is 0 Å². The molecule has 0 spiro atoms. The number of aromatic nitrogens is 1. The third kappa shape index (κ3) is 3.45. The van der Waals surface area contributed by atoms with Crippen LogP contribution in [0.4, 0.5) is 0 Å². The van der Waals surface area contributed by atoms with E-state index in [1.165, 1.54) is 3.57 Å². The second-order valence-electron chi connectivity index (χ2n) is 3.25. The van der Waals surface area contributed by atoms with Crippen LogP contribution in [0.15, 0.2) is 47.2 Å². The van der Waals surface area contributed by atoms with Gasteiger partial charge in [-0.25, -0.2) is 0 Å². The van der Waals surface area contributed by atoms with Crippen molar-refractivity contribution < 1.29 is 4.74 Å². The van der Waals surface area contributed by atoms with Gasteiger partial charge in [-0.15, -0.1) is 0 Å². The first kappa shape index (κ1) is 11.9. The average Bonchev–Trinajstić information content (AvgIpc) is 2.28. The van der Waals surface area contributed by atoms with Crippen LogP contribution in [-0.2, 0) is 6.61 Å². The number of benzene rings is 1. The van der Waals surface area contributed by atoms with E-state index in [1.807, 2.05) is 6.07 Å². The standard InChI is InChI=1S/C12H9BrINO/c13-10-5-12(7-15-6-10)16-8-9-1-3-11(14)4-2-9/h1-7H,8H2. The van der Waals surface area contributed by atoms with Gasteiger partial charge in [-0.05, 0) is 62.3 Å². The molecule has 0 bridgehead atoms. The molecule has 2 rings (SSSR count). The summed E-state index contributed by atoms with van der Waals surface area (Å²) in [5.41, 5.74) is 1.15. The van der Waals surface area contributed by atoms with Crippen molar-refractivity contribution in [1.29, 1.82) is 0 Å². The van der Waals surface area contributed by atoms with E-state index in [2.05, 4.69) is 67.8 Å². The second-order valence-corrected chi connectivity index (χ2v) is 5.42. The summed E-state index contributed by atoms with van der Waals surface area (Å²) in [7, 11) is 0. The highest BCUT2D eigenvalue weighted by atomic mass is 127. The first-order valence-electron chi connectivity index (χ1n) is 4.72. The smallest absolute Gasteiger partial charge is 0.139 e. The molecule has 1 aromatic heterocycles. The number of ether oxygens (including phenoxy) is 1. The van der Waals surface area contributed by atoms with E-state index in [1.54, 1.807) is 12.4 Å². The zero-order valence-electron chi connectivity index (χ0n) is 8.36. The first-order valence-corrected chi connectivity index (χ1v) is 6.59. The summed E-state index contributed by atoms with van der Waals surface area (Å²) >= 11 is 5.64. The van der Waals surface area contributed by atoms with Crippen molar-refractivity contribution in [3.05, 3.63) is 56.3 Å². The van der Waals surface area contributed by atoms with Crippen LogP contribution in [0, 0.1) is 3.57 Å². The molecule has 1 aromatic carbocycles. The maximum Gasteiger partial charge on any atom is 0.139 e. The van der Waals surface area contributed by atoms with Gasteiger partial charge >= 0.3 is 0 Å². The largest absolute Gasteiger partial charge is 0.487 e. The Labute approximate surface area is 116 Å². The number of hydrogen-bond acceptors (Lipinski definition) is 2. The van der Waals surface area contributed by atoms with Crippen molar-refractivity contribution in [1.82, 2.24) is 4.98 Å². The van der Waals surface area contributed by atoms with Gasteiger partial charge in [0.2, 0.25) is 0 Å². The van der Waals surface area contributed by atoms with Crippen LogP contribution in [0.1, 0.15) is 5.56 Å². The molecule has 1 heterocycles. The van der Waals surface area contributed by atoms with E-state index in [0.29, 0.717) is 6.61 Å². The van der Waals surface area contributed by atoms with Crippen LogP contribution in [0.5, 0.6) is 5.75 Å². The highest BCUT2D eigenvalue weighted by Gasteiger charge is 1.97. The van der Waals surface area contributed by atoms with Crippen molar-refractivity contribution in [2.24, 2.45) is 0 Å². The molecule has 2 nitrogen and oxygen atoms in total. The van der Waals surface area contributed by atoms with Gasteiger partial charge in [-0.3, -0.25) is 4.98 Å². The Morgan fingerprint density at radius 3 is 2.62 bits per heavy atom. The van der Waals surface area contributed by atoms with Crippen molar-refractivity contribution in [3.63, 3.8) is 0 Å². The lowest BCUT2D eigenvalue weighted by atomic mass is 10.2. The third-order valence-electron chi connectivity index (χ3n) is 2.00. The highest BCUT2D eigenvalue weighted by molar-refractivity contribution is 14.1. The van der Waals surface area contributed by atoms with E-state index >= 15 is 0 Å². The van der Waals surface area contributed by atoms with Crippen LogP contribution < -0.4 is 4.74 Å². The lowest BCUT2D eigenvalue weighted by Crippen LogP contribution is -1.95. The molecule has 4 heteroatoms. The topological polar surface area (TPSA) is 22.1 Å². The lowest BCUT2D eigenvalue weighted by Gasteiger charge is -2.06. The van der Waals surface area contributed by atoms with Gasteiger partial charge < -0.3 is 4.74 Å². The van der Waals surface area contributed by atoms with E-state index in [-0.39, 0.29) is 0 Å². The van der Waals surface area contributed by atoms with Gasteiger partial charge in [-0.2, -0.15) is 0 Å². The second kappa shape index (κ2) is 5.63. The molecular formula is C12H9BrINO. The summed E-state index contributed by atoms with van der Waals surface area (Å²) in [5.74, 6) is 0.771. The maximum absolute atomic E-state index is 5.62. The maximum atomic E-state index is 5.62. The number of halogens is 2. The minimum atomic E-state index is 0.565. The summed E-state index contributed by atoms with van der Waals surface area (Å²) < 4.78 is 7.77. The minimum Gasteiger partial charge on any atom is -0.487 e. The molecular weight excluding hydrogens is 381 g/mol. The highest BCUT2D eigenvalue weighted by Crippen LogP contribution is 2.17. The van der Waals surface area contributed by atoms with E-state index in [9.17, 15) is 0 Å². The van der Waals surface area contributed by atoms with Crippen LogP contribution in [-0.4, -0.2) is 4.98 Å². The molecule has 0 aliphatic carbocycles. The molecule has 0 saturated carbocycles. The van der Waals surface area contributed by atoms with Crippen LogP contribution >= 0.6 is 38.5 Å². The summed E-state index contributed by atoms with van der Waals surface area (Å²) in [6.45, 7) is 0.565. The SMILES string of the molecule is Brc1cncc(OCc2ccc(I)cc2)c1. The monoisotopic (exact) mass is 389 g/mol. The molecule has 0 radical (unpaired) electrons. The van der Waals surface area contributed by atoms with Crippen LogP contribution in [0.2, 0.25) is 0 Å². The molecule has 0 amide bonds. The first-order chi connectivity index (χ1) is 7.74. The molecule has 0 saturated heterocycles. The van der Waals surface area contributed by atoms with Gasteiger partial charge in [0.05, 0.1) is 6.20 Å². The fraction of sp³-hybridized carbons (Fsp3) is 0.0833. The van der Waals surface area contributed by atoms with Crippen molar-refractivity contribution >= 4 is 38.5 Å². The Kier molecular flexibility index (Phi) is 4.17. The minimum absolute atomic E-state index is 0.565. The predicted molar refractivity (Wildman–Crippen MR) is 75.4 cm³/mol. The summed E-state index contributed by atoms with van der Waals surface area (Å²) in [6.07, 6.45) is 3.44. The molecule has 0 unspecified atom stereocenters. The Balaban J connectivity index is 1.99. The van der Waals surface area contributed by atoms with Gasteiger partial charge in [0.1, 0.15) is 12.4 Å². The molecule has 0 N–H and O–H groups in total. The van der Waals surface area contributed by atoms with E-state index in [4.69, 9.17) is 4.74 Å². The number of rotatable bonds is 3. The Hall–Kier alpha value is -0.620. The Morgan fingerprint density at radius 1 is 1.19 bits per heavy atom. The fourth-order valence-corrected chi connectivity index (χ4v) is 1.92. The summed E-state index contributed by atoms with van der Waals surface area (Å²) in [5, 5.41) is 0. The zero-order chi connectivity index (χ0) is 11.4. The zero-order valence-corrected chi connectivity index (χ0v) is 12.1. The molecule has 0 aliphatic heterocycles. The molecule has 2 aromatic rings. The Morgan fingerprint density at radius 2 is 1.94 bits per heavy atom. The normalized spacial score (nSPS) is 10.1. The summed E-state index contributed by atoms with van der Waals surface area (Å²) in [4.78, 5) is 4.04. The molecule has 16 heavy (non-hydrogen) atoms. The average molecular weight is 390 g/mol.